The van der Waals surface area contributed by atoms with E-state index in [1.165, 1.54) is 25.7 Å². The summed E-state index contributed by atoms with van der Waals surface area (Å²) in [7, 11) is 0. The van der Waals surface area contributed by atoms with E-state index in [4.69, 9.17) is 9.47 Å². The van der Waals surface area contributed by atoms with Crippen molar-refractivity contribution in [2.24, 2.45) is 17.8 Å². The highest BCUT2D eigenvalue weighted by molar-refractivity contribution is 5.90. The van der Waals surface area contributed by atoms with Crippen LogP contribution in [0.2, 0.25) is 0 Å². The Hall–Kier alpha value is -2.49. The van der Waals surface area contributed by atoms with Gasteiger partial charge in [0.25, 0.3) is 0 Å². The molecule has 0 radical (unpaired) electrons. The van der Waals surface area contributed by atoms with Crippen LogP contribution in [-0.2, 0) is 4.79 Å². The number of nitrogens with one attached hydrogen (secondary N) is 1. The lowest BCUT2D eigenvalue weighted by Crippen LogP contribution is -2.20. The first kappa shape index (κ1) is 17.9. The average molecular weight is 365 g/mol. The molecule has 4 rings (SSSR count). The van der Waals surface area contributed by atoms with Crippen molar-refractivity contribution in [1.82, 2.24) is 0 Å². The Kier molecular flexibility index (Phi) is 5.33. The molecule has 2 aliphatic rings. The summed E-state index contributed by atoms with van der Waals surface area (Å²) in [5.74, 6) is 4.71. The Morgan fingerprint density at radius 1 is 0.963 bits per heavy atom. The second kappa shape index (κ2) is 8.03. The van der Waals surface area contributed by atoms with E-state index in [9.17, 15) is 4.79 Å². The van der Waals surface area contributed by atoms with Crippen LogP contribution in [0.25, 0.3) is 0 Å². The van der Waals surface area contributed by atoms with Crippen molar-refractivity contribution < 1.29 is 14.3 Å². The van der Waals surface area contributed by atoms with Gasteiger partial charge in [0.15, 0.2) is 0 Å². The van der Waals surface area contributed by atoms with Crippen molar-refractivity contribution in [2.45, 2.75) is 39.0 Å². The van der Waals surface area contributed by atoms with E-state index in [2.05, 4.69) is 5.32 Å². The minimum atomic E-state index is 0.132. The summed E-state index contributed by atoms with van der Waals surface area (Å²) in [6.07, 6.45) is 5.94. The third-order valence-corrected chi connectivity index (χ3v) is 5.84. The quantitative estimate of drug-likeness (QED) is 0.690. The molecular formula is C23H27NO3. The summed E-state index contributed by atoms with van der Waals surface area (Å²) in [5, 5.41) is 3.03. The Morgan fingerprint density at radius 3 is 2.22 bits per heavy atom. The van der Waals surface area contributed by atoms with Crippen LogP contribution in [0.5, 0.6) is 17.2 Å². The zero-order valence-electron chi connectivity index (χ0n) is 15.8. The van der Waals surface area contributed by atoms with Gasteiger partial charge in [0.2, 0.25) is 5.91 Å². The van der Waals surface area contributed by atoms with Gasteiger partial charge in [0, 0.05) is 12.1 Å². The van der Waals surface area contributed by atoms with E-state index in [1.54, 1.807) is 0 Å². The topological polar surface area (TPSA) is 47.6 Å². The fourth-order valence-corrected chi connectivity index (χ4v) is 4.59. The fourth-order valence-electron chi connectivity index (χ4n) is 4.59. The SMILES string of the molecule is CCOc1ccc(Oc2ccc(NC(=O)C[C@@H]3C[C@@H]4CC[C@@H]3C4)cc2)cc1. The summed E-state index contributed by atoms with van der Waals surface area (Å²) < 4.78 is 11.3. The van der Waals surface area contributed by atoms with Crippen LogP contribution in [0.15, 0.2) is 48.5 Å². The van der Waals surface area contributed by atoms with Crippen molar-refractivity contribution in [1.29, 1.82) is 0 Å². The Bertz CT molecular complexity index is 769. The molecule has 142 valence electrons. The van der Waals surface area contributed by atoms with Crippen LogP contribution in [0.4, 0.5) is 5.69 Å². The molecule has 0 aromatic heterocycles. The third kappa shape index (κ3) is 4.44. The molecule has 0 heterocycles. The molecule has 2 bridgehead atoms. The van der Waals surface area contributed by atoms with Crippen LogP contribution < -0.4 is 14.8 Å². The van der Waals surface area contributed by atoms with Crippen molar-refractivity contribution in [2.75, 3.05) is 11.9 Å². The Morgan fingerprint density at radius 2 is 1.63 bits per heavy atom. The minimum Gasteiger partial charge on any atom is -0.494 e. The summed E-state index contributed by atoms with van der Waals surface area (Å²) >= 11 is 0. The predicted molar refractivity (Wildman–Crippen MR) is 106 cm³/mol. The highest BCUT2D eigenvalue weighted by atomic mass is 16.5. The van der Waals surface area contributed by atoms with E-state index in [0.29, 0.717) is 18.9 Å². The predicted octanol–water partition coefficient (Wildman–Crippen LogP) is 5.64. The van der Waals surface area contributed by atoms with Crippen LogP contribution in [0, 0.1) is 17.8 Å². The van der Waals surface area contributed by atoms with E-state index < -0.39 is 0 Å². The molecule has 1 N–H and O–H groups in total. The second-order valence-corrected chi connectivity index (χ2v) is 7.72. The van der Waals surface area contributed by atoms with Gasteiger partial charge in [-0.3, -0.25) is 4.79 Å². The third-order valence-electron chi connectivity index (χ3n) is 5.84. The molecule has 4 heteroatoms. The standard InChI is InChI=1S/C23H27NO3/c1-2-26-20-9-11-22(12-10-20)27-21-7-5-19(6-8-21)24-23(25)15-18-14-16-3-4-17(18)13-16/h5-12,16-18H,2-4,13-15H2,1H3,(H,24,25)/t16-,17-,18+/m1/s1. The second-order valence-electron chi connectivity index (χ2n) is 7.72. The summed E-state index contributed by atoms with van der Waals surface area (Å²) in [4.78, 5) is 12.4. The molecular weight excluding hydrogens is 338 g/mol. The molecule has 0 spiro atoms. The Labute approximate surface area is 160 Å². The molecule has 3 atom stereocenters. The van der Waals surface area contributed by atoms with Crippen LogP contribution >= 0.6 is 0 Å². The van der Waals surface area contributed by atoms with Gasteiger partial charge in [-0.1, -0.05) is 6.42 Å². The first-order valence-corrected chi connectivity index (χ1v) is 10.00. The molecule has 2 aromatic rings. The van der Waals surface area contributed by atoms with Gasteiger partial charge in [0.1, 0.15) is 17.2 Å². The Balaban J connectivity index is 1.28. The van der Waals surface area contributed by atoms with Crippen molar-refractivity contribution in [3.63, 3.8) is 0 Å². The number of carbonyl (C=O) groups is 1. The van der Waals surface area contributed by atoms with Crippen LogP contribution in [-0.4, -0.2) is 12.5 Å². The van der Waals surface area contributed by atoms with E-state index in [0.717, 1.165) is 34.8 Å². The minimum absolute atomic E-state index is 0.132. The number of carbonyl (C=O) groups excluding carboxylic acids is 1. The zero-order valence-corrected chi connectivity index (χ0v) is 15.8. The number of hydrogen-bond donors (Lipinski definition) is 1. The number of hydrogen-bond acceptors (Lipinski definition) is 3. The van der Waals surface area contributed by atoms with E-state index in [-0.39, 0.29) is 5.91 Å². The van der Waals surface area contributed by atoms with Gasteiger partial charge < -0.3 is 14.8 Å². The number of rotatable bonds is 7. The van der Waals surface area contributed by atoms with Gasteiger partial charge in [0.05, 0.1) is 6.61 Å². The largest absolute Gasteiger partial charge is 0.494 e. The number of fused-ring (bicyclic) bond motifs is 2. The van der Waals surface area contributed by atoms with Gasteiger partial charge >= 0.3 is 0 Å². The molecule has 2 fully saturated rings. The van der Waals surface area contributed by atoms with Gasteiger partial charge in [-0.2, -0.15) is 0 Å². The number of benzene rings is 2. The summed E-state index contributed by atoms with van der Waals surface area (Å²) in [6, 6.07) is 15.1. The van der Waals surface area contributed by atoms with Gasteiger partial charge in [-0.15, -0.1) is 0 Å². The number of anilines is 1. The highest BCUT2D eigenvalue weighted by Gasteiger charge is 2.40. The smallest absolute Gasteiger partial charge is 0.224 e. The zero-order chi connectivity index (χ0) is 18.6. The van der Waals surface area contributed by atoms with Crippen LogP contribution in [0.3, 0.4) is 0 Å². The maximum Gasteiger partial charge on any atom is 0.224 e. The molecule has 0 unspecified atom stereocenters. The monoisotopic (exact) mass is 365 g/mol. The van der Waals surface area contributed by atoms with Crippen molar-refractivity contribution in [3.05, 3.63) is 48.5 Å². The molecule has 4 nitrogen and oxygen atoms in total. The van der Waals surface area contributed by atoms with E-state index in [1.807, 2.05) is 55.5 Å². The lowest BCUT2D eigenvalue weighted by atomic mass is 9.86. The summed E-state index contributed by atoms with van der Waals surface area (Å²) in [5.41, 5.74) is 0.821. The lowest BCUT2D eigenvalue weighted by Gasteiger charge is -2.20. The van der Waals surface area contributed by atoms with E-state index >= 15 is 0 Å². The average Bonchev–Trinajstić information content (AvgIpc) is 3.28. The maximum atomic E-state index is 12.4. The highest BCUT2D eigenvalue weighted by Crippen LogP contribution is 2.49. The van der Waals surface area contributed by atoms with Crippen molar-refractivity contribution in [3.8, 4) is 17.2 Å². The first-order valence-electron chi connectivity index (χ1n) is 10.00. The van der Waals surface area contributed by atoms with Crippen LogP contribution in [0.1, 0.15) is 39.0 Å². The molecule has 1 amide bonds. The molecule has 27 heavy (non-hydrogen) atoms. The summed E-state index contributed by atoms with van der Waals surface area (Å²) in [6.45, 7) is 2.61. The van der Waals surface area contributed by atoms with Gasteiger partial charge in [-0.25, -0.2) is 0 Å². The molecule has 0 aliphatic heterocycles. The fraction of sp³-hybridized carbons (Fsp3) is 0.435. The molecule has 2 aliphatic carbocycles. The molecule has 2 saturated carbocycles. The molecule has 0 saturated heterocycles. The maximum absolute atomic E-state index is 12.4. The number of amides is 1. The number of ether oxygens (including phenoxy) is 2. The first-order chi connectivity index (χ1) is 13.2. The van der Waals surface area contributed by atoms with Gasteiger partial charge in [-0.05, 0) is 92.5 Å². The lowest BCUT2D eigenvalue weighted by molar-refractivity contribution is -0.117. The molecule has 2 aromatic carbocycles. The normalized spacial score (nSPS) is 23.2. The van der Waals surface area contributed by atoms with Crippen molar-refractivity contribution >= 4 is 11.6 Å².